The molecule has 0 fully saturated rings. The lowest BCUT2D eigenvalue weighted by atomic mass is 10.0. The first kappa shape index (κ1) is 15.2. The summed E-state index contributed by atoms with van der Waals surface area (Å²) in [6.07, 6.45) is 0.0922. The number of hydrogen-bond donors (Lipinski definition) is 3. The second-order valence-corrected chi connectivity index (χ2v) is 3.68. The van der Waals surface area contributed by atoms with E-state index in [-0.39, 0.29) is 49.5 Å². The Morgan fingerprint density at radius 1 is 1.21 bits per heavy atom. The van der Waals surface area contributed by atoms with Crippen LogP contribution in [0.3, 0.4) is 0 Å². The van der Waals surface area contributed by atoms with Gasteiger partial charge in [-0.2, -0.15) is 0 Å². The summed E-state index contributed by atoms with van der Waals surface area (Å²) in [5.74, 6) is -2.43. The zero-order chi connectivity index (χ0) is 14.4. The topological polar surface area (TPSA) is 117 Å². The Morgan fingerprint density at radius 2 is 1.84 bits per heavy atom. The van der Waals surface area contributed by atoms with Crippen LogP contribution < -0.4 is 0 Å². The molecule has 0 amide bonds. The van der Waals surface area contributed by atoms with Crippen LogP contribution in [-0.4, -0.2) is 47.1 Å². The standard InChI is InChI=1S/C12H16O7/c1-2-18-12(17)10-9(11(15)16)7(3-5-13)8(19-10)4-6-14/h13-14H,2-6H2,1H3,(H,15,16). The molecule has 0 saturated carbocycles. The first-order valence-corrected chi connectivity index (χ1v) is 5.83. The number of aliphatic hydroxyl groups is 2. The van der Waals surface area contributed by atoms with E-state index >= 15 is 0 Å². The van der Waals surface area contributed by atoms with E-state index in [0.29, 0.717) is 0 Å². The summed E-state index contributed by atoms with van der Waals surface area (Å²) in [5, 5.41) is 27.0. The van der Waals surface area contributed by atoms with E-state index in [1.165, 1.54) is 0 Å². The third kappa shape index (κ3) is 3.33. The average molecular weight is 272 g/mol. The van der Waals surface area contributed by atoms with Crippen molar-refractivity contribution in [2.75, 3.05) is 19.8 Å². The van der Waals surface area contributed by atoms with Gasteiger partial charge < -0.3 is 24.5 Å². The Morgan fingerprint density at radius 3 is 2.32 bits per heavy atom. The fourth-order valence-electron chi connectivity index (χ4n) is 1.76. The maximum atomic E-state index is 11.6. The van der Waals surface area contributed by atoms with Gasteiger partial charge in [0.2, 0.25) is 5.76 Å². The molecule has 1 aromatic heterocycles. The van der Waals surface area contributed by atoms with Crippen molar-refractivity contribution in [2.24, 2.45) is 0 Å². The van der Waals surface area contributed by atoms with Crippen molar-refractivity contribution in [3.8, 4) is 0 Å². The highest BCUT2D eigenvalue weighted by Gasteiger charge is 2.29. The highest BCUT2D eigenvalue weighted by molar-refractivity contribution is 6.02. The van der Waals surface area contributed by atoms with Gasteiger partial charge in [0.05, 0.1) is 13.2 Å². The molecule has 0 saturated heterocycles. The highest BCUT2D eigenvalue weighted by atomic mass is 16.5. The minimum absolute atomic E-state index is 0.0277. The van der Waals surface area contributed by atoms with Crippen molar-refractivity contribution in [3.63, 3.8) is 0 Å². The number of aromatic carboxylic acids is 1. The predicted molar refractivity (Wildman–Crippen MR) is 63.2 cm³/mol. The van der Waals surface area contributed by atoms with Crippen molar-refractivity contribution in [3.05, 3.63) is 22.6 Å². The molecule has 0 aromatic carbocycles. The van der Waals surface area contributed by atoms with Crippen molar-refractivity contribution in [1.29, 1.82) is 0 Å². The molecule has 0 aliphatic heterocycles. The number of aliphatic hydroxyl groups excluding tert-OH is 2. The number of furan rings is 1. The molecule has 7 heteroatoms. The van der Waals surface area contributed by atoms with Crippen molar-refractivity contribution >= 4 is 11.9 Å². The van der Waals surface area contributed by atoms with Crippen LogP contribution in [0, 0.1) is 0 Å². The maximum Gasteiger partial charge on any atom is 0.375 e. The number of carbonyl (C=O) groups is 2. The Labute approximate surface area is 109 Å². The lowest BCUT2D eigenvalue weighted by Gasteiger charge is -2.00. The number of hydrogen-bond acceptors (Lipinski definition) is 6. The smallest absolute Gasteiger partial charge is 0.375 e. The summed E-state index contributed by atoms with van der Waals surface area (Å²) in [5.41, 5.74) is -0.0944. The van der Waals surface area contributed by atoms with E-state index in [4.69, 9.17) is 24.5 Å². The van der Waals surface area contributed by atoms with E-state index in [0.717, 1.165) is 0 Å². The van der Waals surface area contributed by atoms with Gasteiger partial charge in [0, 0.05) is 18.6 Å². The van der Waals surface area contributed by atoms with Crippen LogP contribution in [0.1, 0.15) is 39.2 Å². The van der Waals surface area contributed by atoms with Gasteiger partial charge in [-0.15, -0.1) is 0 Å². The molecule has 1 rings (SSSR count). The quantitative estimate of drug-likeness (QED) is 0.608. The number of ether oxygens (including phenoxy) is 1. The number of carboxylic acid groups (broad SMARTS) is 1. The summed E-state index contributed by atoms with van der Waals surface area (Å²) >= 11 is 0. The van der Waals surface area contributed by atoms with E-state index in [9.17, 15) is 9.59 Å². The molecule has 0 spiro atoms. The Balaban J connectivity index is 3.32. The monoisotopic (exact) mass is 272 g/mol. The van der Waals surface area contributed by atoms with Gasteiger partial charge in [0.1, 0.15) is 11.3 Å². The lowest BCUT2D eigenvalue weighted by molar-refractivity contribution is 0.0475. The number of carbonyl (C=O) groups excluding carboxylic acids is 1. The molecule has 1 aromatic rings. The van der Waals surface area contributed by atoms with Crippen molar-refractivity contribution in [1.82, 2.24) is 0 Å². The molecule has 0 aliphatic carbocycles. The Bertz CT molecular complexity index is 461. The minimum atomic E-state index is -1.33. The van der Waals surface area contributed by atoms with E-state index < -0.39 is 17.7 Å². The second kappa shape index (κ2) is 6.91. The van der Waals surface area contributed by atoms with E-state index in [2.05, 4.69) is 0 Å². The molecule has 1 heterocycles. The van der Waals surface area contributed by atoms with Gasteiger partial charge in [0.15, 0.2) is 0 Å². The molecule has 0 bridgehead atoms. The summed E-state index contributed by atoms with van der Waals surface area (Å²) < 4.78 is 9.91. The first-order chi connectivity index (χ1) is 9.06. The molecule has 3 N–H and O–H groups in total. The summed E-state index contributed by atoms with van der Waals surface area (Å²) in [7, 11) is 0. The van der Waals surface area contributed by atoms with Gasteiger partial charge in [-0.1, -0.05) is 0 Å². The fourth-order valence-corrected chi connectivity index (χ4v) is 1.76. The highest BCUT2D eigenvalue weighted by Crippen LogP contribution is 2.25. The van der Waals surface area contributed by atoms with Crippen LogP contribution in [0.5, 0.6) is 0 Å². The lowest BCUT2D eigenvalue weighted by Crippen LogP contribution is -2.11. The van der Waals surface area contributed by atoms with Gasteiger partial charge in [0.25, 0.3) is 0 Å². The summed E-state index contributed by atoms with van der Waals surface area (Å²) in [4.78, 5) is 22.9. The number of rotatable bonds is 7. The molecular weight excluding hydrogens is 256 g/mol. The molecule has 0 unspecified atom stereocenters. The van der Waals surface area contributed by atoms with Crippen LogP contribution in [0.25, 0.3) is 0 Å². The minimum Gasteiger partial charge on any atom is -0.478 e. The number of carboxylic acids is 1. The van der Waals surface area contributed by atoms with Gasteiger partial charge >= 0.3 is 11.9 Å². The third-order valence-corrected chi connectivity index (χ3v) is 2.47. The van der Waals surface area contributed by atoms with Crippen molar-refractivity contribution < 1.29 is 34.1 Å². The fraction of sp³-hybridized carbons (Fsp3) is 0.500. The summed E-state index contributed by atoms with van der Waals surface area (Å²) in [6, 6.07) is 0. The van der Waals surface area contributed by atoms with Crippen LogP contribution in [0.2, 0.25) is 0 Å². The van der Waals surface area contributed by atoms with Gasteiger partial charge in [-0.25, -0.2) is 9.59 Å². The second-order valence-electron chi connectivity index (χ2n) is 3.68. The first-order valence-electron chi connectivity index (χ1n) is 5.83. The van der Waals surface area contributed by atoms with Crippen molar-refractivity contribution in [2.45, 2.75) is 19.8 Å². The van der Waals surface area contributed by atoms with E-state index in [1.54, 1.807) is 6.92 Å². The maximum absolute atomic E-state index is 11.6. The normalized spacial score (nSPS) is 10.5. The molecule has 0 aliphatic rings. The predicted octanol–water partition coefficient (Wildman–Crippen LogP) is 0.224. The molecule has 19 heavy (non-hydrogen) atoms. The molecule has 7 nitrogen and oxygen atoms in total. The Hall–Kier alpha value is -1.86. The van der Waals surface area contributed by atoms with Gasteiger partial charge in [-0.05, 0) is 13.3 Å². The zero-order valence-electron chi connectivity index (χ0n) is 10.5. The van der Waals surface area contributed by atoms with E-state index in [1.807, 2.05) is 0 Å². The largest absolute Gasteiger partial charge is 0.478 e. The van der Waals surface area contributed by atoms with Crippen LogP contribution >= 0.6 is 0 Å². The SMILES string of the molecule is CCOC(=O)c1oc(CCO)c(CCO)c1C(=O)O. The van der Waals surface area contributed by atoms with Crippen LogP contribution in [0.15, 0.2) is 4.42 Å². The van der Waals surface area contributed by atoms with Crippen LogP contribution in [0.4, 0.5) is 0 Å². The summed E-state index contributed by atoms with van der Waals surface area (Å²) in [6.45, 7) is 1.13. The molecule has 0 atom stereocenters. The average Bonchev–Trinajstić information content (AvgIpc) is 2.70. The zero-order valence-corrected chi connectivity index (χ0v) is 10.5. The molecule has 106 valence electrons. The van der Waals surface area contributed by atoms with Gasteiger partial charge in [-0.3, -0.25) is 0 Å². The Kier molecular flexibility index (Phi) is 5.53. The number of esters is 1. The molecular formula is C12H16O7. The van der Waals surface area contributed by atoms with Crippen LogP contribution in [-0.2, 0) is 17.6 Å². The molecule has 0 radical (unpaired) electrons. The third-order valence-electron chi connectivity index (χ3n) is 2.47.